The molecular weight excluding hydrogens is 282 g/mol. The molecule has 6 heteroatoms. The second-order valence-electron chi connectivity index (χ2n) is 6.28. The molecule has 0 N–H and O–H groups in total. The Morgan fingerprint density at radius 1 is 1.27 bits per heavy atom. The van der Waals surface area contributed by atoms with Crippen LogP contribution in [-0.4, -0.2) is 33.7 Å². The van der Waals surface area contributed by atoms with Crippen LogP contribution in [0.5, 0.6) is 5.75 Å². The normalized spacial score (nSPS) is 20.5. The Kier molecular flexibility index (Phi) is 2.28. The van der Waals surface area contributed by atoms with Gasteiger partial charge in [-0.3, -0.25) is 14.2 Å². The van der Waals surface area contributed by atoms with Gasteiger partial charge in [-0.2, -0.15) is 0 Å². The fourth-order valence-electron chi connectivity index (χ4n) is 3.16. The van der Waals surface area contributed by atoms with Gasteiger partial charge in [0.15, 0.2) is 5.69 Å². The summed E-state index contributed by atoms with van der Waals surface area (Å²) in [5.41, 5.74) is 2.34. The molecule has 6 nitrogen and oxygen atoms in total. The van der Waals surface area contributed by atoms with Crippen molar-refractivity contribution in [2.45, 2.75) is 19.4 Å². The topological polar surface area (TPSA) is 56.6 Å². The Morgan fingerprint density at radius 3 is 2.95 bits per heavy atom. The highest BCUT2D eigenvalue weighted by Gasteiger charge is 2.51. The molecule has 3 aliphatic rings. The molecule has 5 rings (SSSR count). The summed E-state index contributed by atoms with van der Waals surface area (Å²) in [5.74, 6) is 0.640. The molecule has 22 heavy (non-hydrogen) atoms. The van der Waals surface area contributed by atoms with Crippen molar-refractivity contribution in [2.75, 3.05) is 13.2 Å². The van der Waals surface area contributed by atoms with Crippen LogP contribution in [0.4, 0.5) is 0 Å². The van der Waals surface area contributed by atoms with E-state index in [0.717, 1.165) is 30.0 Å². The molecule has 0 radical (unpaired) electrons. The number of rotatable bonds is 1. The van der Waals surface area contributed by atoms with E-state index in [9.17, 15) is 4.79 Å². The number of para-hydroxylation sites is 2. The minimum absolute atomic E-state index is 0.166. The summed E-state index contributed by atoms with van der Waals surface area (Å²) in [6, 6.07) is 7.75. The Hall–Kier alpha value is -2.34. The lowest BCUT2D eigenvalue weighted by Crippen LogP contribution is -2.29. The lowest BCUT2D eigenvalue weighted by molar-refractivity contribution is -0.0779. The van der Waals surface area contributed by atoms with Crippen LogP contribution in [0.25, 0.3) is 5.69 Å². The third kappa shape index (κ3) is 1.64. The van der Waals surface area contributed by atoms with Gasteiger partial charge in [-0.05, 0) is 25.0 Å². The van der Waals surface area contributed by atoms with E-state index in [2.05, 4.69) is 4.98 Å². The Balaban J connectivity index is 1.50. The summed E-state index contributed by atoms with van der Waals surface area (Å²) < 4.78 is 7.67. The highest BCUT2D eigenvalue weighted by atomic mass is 16.7. The molecule has 112 valence electrons. The maximum absolute atomic E-state index is 12.7. The largest absolute Gasteiger partial charge is 0.485 e. The Bertz CT molecular complexity index is 779. The first kappa shape index (κ1) is 12.2. The van der Waals surface area contributed by atoms with E-state index in [1.165, 1.54) is 5.06 Å². The van der Waals surface area contributed by atoms with Crippen LogP contribution >= 0.6 is 0 Å². The van der Waals surface area contributed by atoms with Gasteiger partial charge in [-0.15, -0.1) is 0 Å². The summed E-state index contributed by atoms with van der Waals surface area (Å²) in [4.78, 5) is 22.6. The average molecular weight is 297 g/mol. The van der Waals surface area contributed by atoms with Crippen LogP contribution in [0.1, 0.15) is 29.0 Å². The molecule has 1 amide bonds. The van der Waals surface area contributed by atoms with E-state index in [1.54, 1.807) is 6.33 Å². The molecule has 3 heterocycles. The molecule has 1 aliphatic carbocycles. The Morgan fingerprint density at radius 2 is 2.14 bits per heavy atom. The van der Waals surface area contributed by atoms with Crippen molar-refractivity contribution >= 4 is 5.91 Å². The summed E-state index contributed by atoms with van der Waals surface area (Å²) in [6.07, 6.45) is 3.98. The lowest BCUT2D eigenvalue weighted by atomic mass is 10.1. The van der Waals surface area contributed by atoms with Crippen LogP contribution in [-0.2, 0) is 11.4 Å². The van der Waals surface area contributed by atoms with E-state index in [4.69, 9.17) is 9.57 Å². The number of benzene rings is 1. The van der Waals surface area contributed by atoms with Gasteiger partial charge in [0.25, 0.3) is 5.91 Å². The molecule has 2 aromatic rings. The molecule has 1 spiro atoms. The number of imidazole rings is 1. The summed E-state index contributed by atoms with van der Waals surface area (Å²) in [7, 11) is 0. The standard InChI is InChI=1S/C16H15N3O3/c20-15(19-8-16(5-6-16)9-22-19)14-12-7-21-13-4-2-1-3-11(13)18(12)10-17-14/h1-4,10H,5-9H2. The first-order chi connectivity index (χ1) is 10.8. The molecule has 0 unspecified atom stereocenters. The number of fused-ring (bicyclic) bond motifs is 3. The van der Waals surface area contributed by atoms with Gasteiger partial charge in [-0.1, -0.05) is 12.1 Å². The maximum Gasteiger partial charge on any atom is 0.298 e. The monoisotopic (exact) mass is 297 g/mol. The third-order valence-corrected chi connectivity index (χ3v) is 4.75. The molecule has 1 aromatic carbocycles. The van der Waals surface area contributed by atoms with Gasteiger partial charge < -0.3 is 4.74 Å². The number of aromatic nitrogens is 2. The highest BCUT2D eigenvalue weighted by molar-refractivity contribution is 5.93. The summed E-state index contributed by atoms with van der Waals surface area (Å²) in [5, 5.41) is 1.47. The van der Waals surface area contributed by atoms with Gasteiger partial charge >= 0.3 is 0 Å². The fourth-order valence-corrected chi connectivity index (χ4v) is 3.16. The SMILES string of the molecule is O=C(c1ncn2c1COc1ccccc1-2)N1CC2(CC2)CO1. The van der Waals surface area contributed by atoms with Crippen LogP contribution in [0.15, 0.2) is 30.6 Å². The van der Waals surface area contributed by atoms with Crippen molar-refractivity contribution in [3.63, 3.8) is 0 Å². The Labute approximate surface area is 127 Å². The number of hydroxylamine groups is 2. The molecular formula is C16H15N3O3. The zero-order valence-electron chi connectivity index (χ0n) is 12.0. The first-order valence-electron chi connectivity index (χ1n) is 7.49. The lowest BCUT2D eigenvalue weighted by Gasteiger charge is -2.21. The average Bonchev–Trinajstić information content (AvgIpc) is 2.98. The minimum Gasteiger partial charge on any atom is -0.485 e. The van der Waals surface area contributed by atoms with Crippen LogP contribution in [0, 0.1) is 5.41 Å². The van der Waals surface area contributed by atoms with Crippen molar-refractivity contribution in [2.24, 2.45) is 5.41 Å². The molecule has 1 saturated heterocycles. The molecule has 2 aliphatic heterocycles. The predicted octanol–water partition coefficient (Wildman–Crippen LogP) is 1.93. The van der Waals surface area contributed by atoms with Crippen molar-refractivity contribution < 1.29 is 14.4 Å². The highest BCUT2D eigenvalue weighted by Crippen LogP contribution is 2.50. The molecule has 1 aromatic heterocycles. The maximum atomic E-state index is 12.7. The van der Waals surface area contributed by atoms with Gasteiger partial charge in [0.05, 0.1) is 24.5 Å². The van der Waals surface area contributed by atoms with Crippen molar-refractivity contribution in [3.8, 4) is 11.4 Å². The van der Waals surface area contributed by atoms with Crippen LogP contribution in [0.2, 0.25) is 0 Å². The molecule has 1 saturated carbocycles. The van der Waals surface area contributed by atoms with Crippen molar-refractivity contribution in [1.29, 1.82) is 0 Å². The van der Waals surface area contributed by atoms with E-state index in [1.807, 2.05) is 28.8 Å². The number of carbonyl (C=O) groups excluding carboxylic acids is 1. The quantitative estimate of drug-likeness (QED) is 0.807. The summed E-state index contributed by atoms with van der Waals surface area (Å²) >= 11 is 0. The number of amides is 1. The first-order valence-corrected chi connectivity index (χ1v) is 7.49. The molecule has 2 fully saturated rings. The zero-order chi connectivity index (χ0) is 14.7. The van der Waals surface area contributed by atoms with E-state index < -0.39 is 0 Å². The van der Waals surface area contributed by atoms with Gasteiger partial charge in [-0.25, -0.2) is 10.0 Å². The number of nitrogens with zero attached hydrogens (tertiary/aromatic N) is 3. The van der Waals surface area contributed by atoms with Crippen LogP contribution < -0.4 is 4.74 Å². The van der Waals surface area contributed by atoms with Crippen molar-refractivity contribution in [1.82, 2.24) is 14.6 Å². The van der Waals surface area contributed by atoms with E-state index in [0.29, 0.717) is 25.5 Å². The predicted molar refractivity (Wildman–Crippen MR) is 76.6 cm³/mol. The molecule has 0 bridgehead atoms. The summed E-state index contributed by atoms with van der Waals surface area (Å²) in [6.45, 7) is 1.67. The second kappa shape index (κ2) is 4.10. The smallest absolute Gasteiger partial charge is 0.298 e. The van der Waals surface area contributed by atoms with Gasteiger partial charge in [0.2, 0.25) is 0 Å². The number of carbonyl (C=O) groups is 1. The fraction of sp³-hybridized carbons (Fsp3) is 0.375. The number of hydrogen-bond acceptors (Lipinski definition) is 4. The van der Waals surface area contributed by atoms with E-state index >= 15 is 0 Å². The van der Waals surface area contributed by atoms with Crippen molar-refractivity contribution in [3.05, 3.63) is 42.0 Å². The van der Waals surface area contributed by atoms with Gasteiger partial charge in [0.1, 0.15) is 18.7 Å². The van der Waals surface area contributed by atoms with Crippen LogP contribution in [0.3, 0.4) is 0 Å². The molecule has 0 atom stereocenters. The number of ether oxygens (including phenoxy) is 1. The zero-order valence-corrected chi connectivity index (χ0v) is 12.0. The number of hydrogen-bond donors (Lipinski definition) is 0. The second-order valence-corrected chi connectivity index (χ2v) is 6.28. The van der Waals surface area contributed by atoms with Gasteiger partial charge in [0, 0.05) is 5.41 Å². The third-order valence-electron chi connectivity index (χ3n) is 4.75. The minimum atomic E-state index is -0.166. The van der Waals surface area contributed by atoms with E-state index in [-0.39, 0.29) is 11.3 Å².